The Bertz CT molecular complexity index is 212. The predicted molar refractivity (Wildman–Crippen MR) is 67.4 cm³/mol. The van der Waals surface area contributed by atoms with Gasteiger partial charge in [-0.15, -0.1) is 0 Å². The second-order valence-corrected chi connectivity index (χ2v) is 4.82. The number of nitrogens with one attached hydrogen (secondary N) is 1. The third kappa shape index (κ3) is 3.78. The summed E-state index contributed by atoms with van der Waals surface area (Å²) in [7, 11) is 0. The van der Waals surface area contributed by atoms with E-state index in [1.165, 1.54) is 6.42 Å². The van der Waals surface area contributed by atoms with Crippen LogP contribution in [0, 0.1) is 5.92 Å². The summed E-state index contributed by atoms with van der Waals surface area (Å²) in [6.45, 7) is 9.37. The van der Waals surface area contributed by atoms with Gasteiger partial charge < -0.3 is 10.2 Å². The average Bonchev–Trinajstić information content (AvgIpc) is 2.60. The summed E-state index contributed by atoms with van der Waals surface area (Å²) < 4.78 is 0. The molecule has 3 heteroatoms. The summed E-state index contributed by atoms with van der Waals surface area (Å²) in [6.07, 6.45) is 4.23. The van der Waals surface area contributed by atoms with Gasteiger partial charge in [0.15, 0.2) is 0 Å². The molecule has 94 valence electrons. The van der Waals surface area contributed by atoms with Crippen molar-refractivity contribution in [2.24, 2.45) is 5.92 Å². The molecule has 1 aliphatic rings. The smallest absolute Gasteiger partial charge is 0.222 e. The minimum absolute atomic E-state index is 0.353. The van der Waals surface area contributed by atoms with Gasteiger partial charge in [0.1, 0.15) is 0 Å². The van der Waals surface area contributed by atoms with Crippen molar-refractivity contribution in [3.8, 4) is 0 Å². The van der Waals surface area contributed by atoms with Gasteiger partial charge in [-0.2, -0.15) is 0 Å². The van der Waals surface area contributed by atoms with E-state index in [-0.39, 0.29) is 0 Å². The molecule has 3 nitrogen and oxygen atoms in total. The van der Waals surface area contributed by atoms with Gasteiger partial charge in [0.05, 0.1) is 0 Å². The fraction of sp³-hybridized carbons (Fsp3) is 0.923. The Labute approximate surface area is 99.6 Å². The maximum Gasteiger partial charge on any atom is 0.222 e. The molecular formula is C13H26N2O. The lowest BCUT2D eigenvalue weighted by Gasteiger charge is -2.24. The fourth-order valence-corrected chi connectivity index (χ4v) is 2.46. The molecule has 16 heavy (non-hydrogen) atoms. The molecule has 0 aromatic rings. The molecule has 1 saturated heterocycles. The molecule has 0 saturated carbocycles. The molecule has 0 radical (unpaired) electrons. The highest BCUT2D eigenvalue weighted by Crippen LogP contribution is 2.20. The van der Waals surface area contributed by atoms with Crippen LogP contribution >= 0.6 is 0 Å². The van der Waals surface area contributed by atoms with Gasteiger partial charge in [0.2, 0.25) is 5.91 Å². The lowest BCUT2D eigenvalue weighted by Crippen LogP contribution is -2.41. The Morgan fingerprint density at radius 2 is 2.19 bits per heavy atom. The molecule has 0 aromatic carbocycles. The first kappa shape index (κ1) is 13.5. The normalized spacial score (nSPS) is 22.8. The fourth-order valence-electron chi connectivity index (χ4n) is 2.46. The van der Waals surface area contributed by atoms with Crippen molar-refractivity contribution in [1.82, 2.24) is 10.2 Å². The topological polar surface area (TPSA) is 32.3 Å². The van der Waals surface area contributed by atoms with Gasteiger partial charge >= 0.3 is 0 Å². The first-order chi connectivity index (χ1) is 7.71. The molecule has 2 atom stereocenters. The molecule has 0 spiro atoms. The van der Waals surface area contributed by atoms with Crippen molar-refractivity contribution >= 4 is 5.91 Å². The number of carbonyl (C=O) groups is 1. The maximum absolute atomic E-state index is 11.8. The van der Waals surface area contributed by atoms with Gasteiger partial charge in [0, 0.05) is 25.6 Å². The van der Waals surface area contributed by atoms with Gasteiger partial charge in [0.25, 0.3) is 0 Å². The Morgan fingerprint density at radius 1 is 1.44 bits per heavy atom. The number of nitrogens with zero attached hydrogens (tertiary/aromatic N) is 1. The summed E-state index contributed by atoms with van der Waals surface area (Å²) in [4.78, 5) is 13.8. The van der Waals surface area contributed by atoms with Crippen LogP contribution in [0.15, 0.2) is 0 Å². The van der Waals surface area contributed by atoms with Crippen LogP contribution in [0.1, 0.15) is 46.5 Å². The van der Waals surface area contributed by atoms with E-state index < -0.39 is 0 Å². The minimum atomic E-state index is 0.353. The number of amides is 1. The van der Waals surface area contributed by atoms with Crippen LogP contribution in [0.25, 0.3) is 0 Å². The van der Waals surface area contributed by atoms with E-state index in [9.17, 15) is 4.79 Å². The molecule has 1 aliphatic heterocycles. The SMILES string of the molecule is CCCC(CN1CC(CC)CC1=O)NCC. The molecule has 1 heterocycles. The maximum atomic E-state index is 11.8. The minimum Gasteiger partial charge on any atom is -0.341 e. The van der Waals surface area contributed by atoms with Crippen molar-refractivity contribution < 1.29 is 4.79 Å². The molecule has 0 aliphatic carbocycles. The molecule has 2 unspecified atom stereocenters. The zero-order chi connectivity index (χ0) is 12.0. The zero-order valence-electron chi connectivity index (χ0n) is 11.0. The number of carbonyl (C=O) groups excluding carboxylic acids is 1. The van der Waals surface area contributed by atoms with Gasteiger partial charge in [-0.1, -0.05) is 33.6 Å². The number of rotatable bonds is 7. The first-order valence-electron chi connectivity index (χ1n) is 6.72. The summed E-state index contributed by atoms with van der Waals surface area (Å²) >= 11 is 0. The predicted octanol–water partition coefficient (Wildman–Crippen LogP) is 2.02. The standard InChI is InChI=1S/C13H26N2O/c1-4-7-12(14-6-3)10-15-9-11(5-2)8-13(15)16/h11-12,14H,4-10H2,1-3H3. The highest BCUT2D eigenvalue weighted by Gasteiger charge is 2.29. The number of hydrogen-bond donors (Lipinski definition) is 1. The van der Waals surface area contributed by atoms with Crippen LogP contribution in [0.5, 0.6) is 0 Å². The number of likely N-dealkylation sites (N-methyl/N-ethyl adjacent to an activating group) is 1. The van der Waals surface area contributed by atoms with E-state index in [1.54, 1.807) is 0 Å². The number of likely N-dealkylation sites (tertiary alicyclic amines) is 1. The summed E-state index contributed by atoms with van der Waals surface area (Å²) in [5.74, 6) is 0.947. The van der Waals surface area contributed by atoms with Crippen LogP contribution in [0.4, 0.5) is 0 Å². The second-order valence-electron chi connectivity index (χ2n) is 4.82. The van der Waals surface area contributed by atoms with Crippen LogP contribution < -0.4 is 5.32 Å². The van der Waals surface area contributed by atoms with Crippen LogP contribution in [0.3, 0.4) is 0 Å². The van der Waals surface area contributed by atoms with E-state index in [0.717, 1.165) is 38.9 Å². The lowest BCUT2D eigenvalue weighted by molar-refractivity contribution is -0.128. The molecule has 1 rings (SSSR count). The van der Waals surface area contributed by atoms with Gasteiger partial charge in [-0.05, 0) is 18.9 Å². The third-order valence-electron chi connectivity index (χ3n) is 3.44. The Balaban J connectivity index is 2.41. The molecule has 0 aromatic heterocycles. The largest absolute Gasteiger partial charge is 0.341 e. The van der Waals surface area contributed by atoms with Crippen LogP contribution in [-0.4, -0.2) is 36.5 Å². The van der Waals surface area contributed by atoms with E-state index >= 15 is 0 Å². The van der Waals surface area contributed by atoms with E-state index in [0.29, 0.717) is 17.9 Å². The zero-order valence-corrected chi connectivity index (χ0v) is 11.0. The van der Waals surface area contributed by atoms with Gasteiger partial charge in [-0.3, -0.25) is 4.79 Å². The third-order valence-corrected chi connectivity index (χ3v) is 3.44. The van der Waals surface area contributed by atoms with E-state index in [4.69, 9.17) is 0 Å². The van der Waals surface area contributed by atoms with Crippen molar-refractivity contribution in [2.45, 2.75) is 52.5 Å². The highest BCUT2D eigenvalue weighted by molar-refractivity contribution is 5.78. The highest BCUT2D eigenvalue weighted by atomic mass is 16.2. The summed E-state index contributed by atoms with van der Waals surface area (Å²) in [6, 6.07) is 0.481. The molecule has 1 amide bonds. The van der Waals surface area contributed by atoms with Crippen LogP contribution in [0.2, 0.25) is 0 Å². The van der Waals surface area contributed by atoms with Crippen molar-refractivity contribution in [3.63, 3.8) is 0 Å². The Kier molecular flexibility index (Phi) is 5.81. The average molecular weight is 226 g/mol. The molecule has 1 N–H and O–H groups in total. The monoisotopic (exact) mass is 226 g/mol. The lowest BCUT2D eigenvalue weighted by atomic mass is 10.1. The Hall–Kier alpha value is -0.570. The van der Waals surface area contributed by atoms with Crippen molar-refractivity contribution in [3.05, 3.63) is 0 Å². The van der Waals surface area contributed by atoms with Gasteiger partial charge in [-0.25, -0.2) is 0 Å². The summed E-state index contributed by atoms with van der Waals surface area (Å²) in [5.41, 5.74) is 0. The second kappa shape index (κ2) is 6.89. The summed E-state index contributed by atoms with van der Waals surface area (Å²) in [5, 5.41) is 3.47. The molecule has 1 fully saturated rings. The molecule has 0 bridgehead atoms. The molecular weight excluding hydrogens is 200 g/mol. The first-order valence-corrected chi connectivity index (χ1v) is 6.72. The van der Waals surface area contributed by atoms with E-state index in [1.807, 2.05) is 0 Å². The van der Waals surface area contributed by atoms with E-state index in [2.05, 4.69) is 31.0 Å². The van der Waals surface area contributed by atoms with Crippen molar-refractivity contribution in [1.29, 1.82) is 0 Å². The quantitative estimate of drug-likeness (QED) is 0.720. The Morgan fingerprint density at radius 3 is 2.69 bits per heavy atom. The van der Waals surface area contributed by atoms with Crippen molar-refractivity contribution in [2.75, 3.05) is 19.6 Å². The van der Waals surface area contributed by atoms with Crippen LogP contribution in [-0.2, 0) is 4.79 Å². The number of hydrogen-bond acceptors (Lipinski definition) is 2.